The van der Waals surface area contributed by atoms with Gasteiger partial charge in [0.1, 0.15) is 0 Å². The van der Waals surface area contributed by atoms with Crippen LogP contribution in [0.15, 0.2) is 36.4 Å². The summed E-state index contributed by atoms with van der Waals surface area (Å²) in [5, 5.41) is 3.40. The van der Waals surface area contributed by atoms with E-state index in [4.69, 9.17) is 0 Å². The van der Waals surface area contributed by atoms with Gasteiger partial charge in [-0.3, -0.25) is 0 Å². The Kier molecular flexibility index (Phi) is 5.27. The second-order valence-corrected chi connectivity index (χ2v) is 4.20. The van der Waals surface area contributed by atoms with Gasteiger partial charge in [0.15, 0.2) is 0 Å². The highest BCUT2D eigenvalue weighted by molar-refractivity contribution is 5.31. The van der Waals surface area contributed by atoms with Crippen LogP contribution in [0.2, 0.25) is 0 Å². The molecular formula is C15H23N. The second kappa shape index (κ2) is 6.49. The van der Waals surface area contributed by atoms with Crippen molar-refractivity contribution in [1.82, 2.24) is 5.32 Å². The first-order valence-electron chi connectivity index (χ1n) is 6.14. The first-order chi connectivity index (χ1) is 7.72. The van der Waals surface area contributed by atoms with Crippen LogP contribution in [-0.4, -0.2) is 7.05 Å². The maximum atomic E-state index is 4.10. The molecule has 1 nitrogen and oxygen atoms in total. The highest BCUT2D eigenvalue weighted by Crippen LogP contribution is 2.24. The van der Waals surface area contributed by atoms with E-state index < -0.39 is 0 Å². The Bertz CT molecular complexity index is 341. The molecule has 1 unspecified atom stereocenters. The van der Waals surface area contributed by atoms with E-state index in [0.717, 1.165) is 19.3 Å². The SMILES string of the molecule is C=C(CC)CC(NC)c1ccccc1CC. The molecule has 1 heteroatoms. The summed E-state index contributed by atoms with van der Waals surface area (Å²) in [4.78, 5) is 0. The van der Waals surface area contributed by atoms with Crippen molar-refractivity contribution >= 4 is 0 Å². The zero-order valence-electron chi connectivity index (χ0n) is 10.7. The van der Waals surface area contributed by atoms with Crippen molar-refractivity contribution < 1.29 is 0 Å². The van der Waals surface area contributed by atoms with Crippen LogP contribution >= 0.6 is 0 Å². The summed E-state index contributed by atoms with van der Waals surface area (Å²) in [5.41, 5.74) is 4.16. The van der Waals surface area contributed by atoms with Gasteiger partial charge in [0, 0.05) is 6.04 Å². The van der Waals surface area contributed by atoms with Gasteiger partial charge in [-0.2, -0.15) is 0 Å². The summed E-state index contributed by atoms with van der Waals surface area (Å²) >= 11 is 0. The molecule has 0 saturated heterocycles. The summed E-state index contributed by atoms with van der Waals surface area (Å²) < 4.78 is 0. The van der Waals surface area contributed by atoms with Crippen LogP contribution in [0.3, 0.4) is 0 Å². The summed E-state index contributed by atoms with van der Waals surface area (Å²) in [6.45, 7) is 8.48. The monoisotopic (exact) mass is 217 g/mol. The van der Waals surface area contributed by atoms with Gasteiger partial charge in [-0.25, -0.2) is 0 Å². The van der Waals surface area contributed by atoms with E-state index in [-0.39, 0.29) is 0 Å². The Hall–Kier alpha value is -1.08. The predicted octanol–water partition coefficient (Wildman–Crippen LogP) is 3.87. The predicted molar refractivity (Wildman–Crippen MR) is 71.7 cm³/mol. The van der Waals surface area contributed by atoms with Crippen LogP contribution < -0.4 is 5.32 Å². The molecule has 0 spiro atoms. The molecule has 0 aliphatic rings. The Morgan fingerprint density at radius 1 is 1.31 bits per heavy atom. The molecule has 1 aromatic rings. The largest absolute Gasteiger partial charge is 0.313 e. The molecule has 0 aliphatic carbocycles. The first kappa shape index (κ1) is 13.0. The van der Waals surface area contributed by atoms with E-state index in [1.54, 1.807) is 0 Å². The third kappa shape index (κ3) is 3.21. The number of nitrogens with one attached hydrogen (secondary N) is 1. The fourth-order valence-corrected chi connectivity index (χ4v) is 2.00. The lowest BCUT2D eigenvalue weighted by Gasteiger charge is -2.20. The zero-order chi connectivity index (χ0) is 12.0. The molecule has 0 heterocycles. The lowest BCUT2D eigenvalue weighted by Crippen LogP contribution is -2.18. The van der Waals surface area contributed by atoms with E-state index in [1.807, 2.05) is 7.05 Å². The smallest absolute Gasteiger partial charge is 0.0357 e. The van der Waals surface area contributed by atoms with Crippen LogP contribution in [0.5, 0.6) is 0 Å². The molecule has 16 heavy (non-hydrogen) atoms. The topological polar surface area (TPSA) is 12.0 Å². The Morgan fingerprint density at radius 2 is 2.00 bits per heavy atom. The van der Waals surface area contributed by atoms with E-state index in [9.17, 15) is 0 Å². The van der Waals surface area contributed by atoms with E-state index in [0.29, 0.717) is 6.04 Å². The first-order valence-corrected chi connectivity index (χ1v) is 6.14. The zero-order valence-corrected chi connectivity index (χ0v) is 10.7. The van der Waals surface area contributed by atoms with Crippen molar-refractivity contribution in [3.05, 3.63) is 47.5 Å². The van der Waals surface area contributed by atoms with Gasteiger partial charge in [-0.1, -0.05) is 50.3 Å². The van der Waals surface area contributed by atoms with Gasteiger partial charge < -0.3 is 5.32 Å². The van der Waals surface area contributed by atoms with Crippen LogP contribution in [0.1, 0.15) is 43.9 Å². The maximum absolute atomic E-state index is 4.10. The second-order valence-electron chi connectivity index (χ2n) is 4.20. The van der Waals surface area contributed by atoms with Crippen molar-refractivity contribution in [3.63, 3.8) is 0 Å². The molecule has 0 radical (unpaired) electrons. The number of rotatable bonds is 6. The molecule has 1 N–H and O–H groups in total. The van der Waals surface area contributed by atoms with Gasteiger partial charge in [-0.05, 0) is 37.4 Å². The normalized spacial score (nSPS) is 12.4. The van der Waals surface area contributed by atoms with Gasteiger partial charge in [0.05, 0.1) is 0 Å². The number of benzene rings is 1. The van der Waals surface area contributed by atoms with Crippen LogP contribution in [0, 0.1) is 0 Å². The quantitative estimate of drug-likeness (QED) is 0.713. The van der Waals surface area contributed by atoms with Gasteiger partial charge >= 0.3 is 0 Å². The van der Waals surface area contributed by atoms with Gasteiger partial charge in [-0.15, -0.1) is 0 Å². The lowest BCUT2D eigenvalue weighted by atomic mass is 9.93. The minimum Gasteiger partial charge on any atom is -0.313 e. The van der Waals surface area contributed by atoms with Crippen molar-refractivity contribution in [3.8, 4) is 0 Å². The summed E-state index contributed by atoms with van der Waals surface area (Å²) in [6.07, 6.45) is 3.18. The summed E-state index contributed by atoms with van der Waals surface area (Å²) in [6, 6.07) is 9.08. The molecule has 0 aromatic heterocycles. The van der Waals surface area contributed by atoms with Crippen LogP contribution in [0.4, 0.5) is 0 Å². The number of hydrogen-bond donors (Lipinski definition) is 1. The highest BCUT2D eigenvalue weighted by atomic mass is 14.9. The molecule has 1 aromatic carbocycles. The Balaban J connectivity index is 2.89. The lowest BCUT2D eigenvalue weighted by molar-refractivity contribution is 0.578. The molecule has 0 amide bonds. The van der Waals surface area contributed by atoms with E-state index >= 15 is 0 Å². The summed E-state index contributed by atoms with van der Waals surface area (Å²) in [5.74, 6) is 0. The van der Waals surface area contributed by atoms with Crippen molar-refractivity contribution in [1.29, 1.82) is 0 Å². The molecule has 0 aliphatic heterocycles. The maximum Gasteiger partial charge on any atom is 0.0357 e. The van der Waals surface area contributed by atoms with Crippen molar-refractivity contribution in [2.75, 3.05) is 7.05 Å². The van der Waals surface area contributed by atoms with E-state index in [2.05, 4.69) is 50.0 Å². The molecule has 1 rings (SSSR count). The highest BCUT2D eigenvalue weighted by Gasteiger charge is 2.12. The standard InChI is InChI=1S/C15H23N/c1-5-12(3)11-15(16-4)14-10-8-7-9-13(14)6-2/h7-10,15-16H,3,5-6,11H2,1-2,4H3. The third-order valence-corrected chi connectivity index (χ3v) is 3.15. The van der Waals surface area contributed by atoms with E-state index in [1.165, 1.54) is 16.7 Å². The third-order valence-electron chi connectivity index (χ3n) is 3.15. The van der Waals surface area contributed by atoms with Crippen molar-refractivity contribution in [2.24, 2.45) is 0 Å². The van der Waals surface area contributed by atoms with Gasteiger partial charge in [0.2, 0.25) is 0 Å². The molecule has 88 valence electrons. The fourth-order valence-electron chi connectivity index (χ4n) is 2.00. The molecular weight excluding hydrogens is 194 g/mol. The molecule has 0 bridgehead atoms. The molecule has 0 fully saturated rings. The average molecular weight is 217 g/mol. The van der Waals surface area contributed by atoms with Crippen molar-refractivity contribution in [2.45, 2.75) is 39.2 Å². The molecule has 0 saturated carbocycles. The minimum absolute atomic E-state index is 0.406. The minimum atomic E-state index is 0.406. The summed E-state index contributed by atoms with van der Waals surface area (Å²) in [7, 11) is 2.03. The Morgan fingerprint density at radius 3 is 2.56 bits per heavy atom. The van der Waals surface area contributed by atoms with Crippen LogP contribution in [0.25, 0.3) is 0 Å². The fraction of sp³-hybridized carbons (Fsp3) is 0.467. The Labute approximate surface area is 99.6 Å². The van der Waals surface area contributed by atoms with Gasteiger partial charge in [0.25, 0.3) is 0 Å². The average Bonchev–Trinajstić information content (AvgIpc) is 2.35. The molecule has 1 atom stereocenters. The van der Waals surface area contributed by atoms with Crippen LogP contribution in [-0.2, 0) is 6.42 Å². The number of aryl methyl sites for hydroxylation is 1. The number of hydrogen-bond acceptors (Lipinski definition) is 1.